The zero-order valence-corrected chi connectivity index (χ0v) is 9.78. The number of nitrogens with two attached hydrogens (primary N) is 1. The first-order valence-corrected chi connectivity index (χ1v) is 5.67. The Labute approximate surface area is 107 Å². The summed E-state index contributed by atoms with van der Waals surface area (Å²) in [6.07, 6.45) is 3.24. The van der Waals surface area contributed by atoms with E-state index in [9.17, 15) is 0 Å². The molecule has 19 heavy (non-hydrogen) atoms. The average molecular weight is 255 g/mol. The Hall–Kier alpha value is -2.83. The summed E-state index contributed by atoms with van der Waals surface area (Å²) in [4.78, 5) is 8.23. The van der Waals surface area contributed by atoms with E-state index in [-0.39, 0.29) is 12.7 Å². The summed E-state index contributed by atoms with van der Waals surface area (Å²) in [5.41, 5.74) is 5.53. The van der Waals surface area contributed by atoms with E-state index in [1.807, 2.05) is 18.2 Å². The van der Waals surface area contributed by atoms with E-state index < -0.39 is 0 Å². The fraction of sp³-hybridized carbons (Fsp3) is 0.0833. The number of anilines is 1. The molecule has 0 fully saturated rings. The highest BCUT2D eigenvalue weighted by atomic mass is 16.7. The van der Waals surface area contributed by atoms with Crippen LogP contribution >= 0.6 is 0 Å². The molecule has 0 saturated carbocycles. The van der Waals surface area contributed by atoms with Crippen LogP contribution in [0.1, 0.15) is 0 Å². The number of nitrogens with zero attached hydrogens (tertiary/aromatic N) is 4. The molecule has 1 aliphatic rings. The van der Waals surface area contributed by atoms with Crippen LogP contribution in [0.5, 0.6) is 11.5 Å². The van der Waals surface area contributed by atoms with Crippen molar-refractivity contribution < 1.29 is 9.47 Å². The van der Waals surface area contributed by atoms with Crippen LogP contribution in [0.4, 0.5) is 5.95 Å². The quantitative estimate of drug-likeness (QED) is 0.701. The van der Waals surface area contributed by atoms with Crippen LogP contribution in [0.2, 0.25) is 0 Å². The highest BCUT2D eigenvalue weighted by Crippen LogP contribution is 2.37. The van der Waals surface area contributed by atoms with Crippen molar-refractivity contribution in [2.24, 2.45) is 0 Å². The number of pyridine rings is 1. The predicted octanol–water partition coefficient (Wildman–Crippen LogP) is 1.13. The first-order chi connectivity index (χ1) is 9.31. The second kappa shape index (κ2) is 3.58. The molecule has 0 radical (unpaired) electrons. The van der Waals surface area contributed by atoms with E-state index in [0.29, 0.717) is 11.6 Å². The lowest BCUT2D eigenvalue weighted by atomic mass is 10.1. The van der Waals surface area contributed by atoms with Gasteiger partial charge in [0.15, 0.2) is 17.3 Å². The molecule has 7 nitrogen and oxygen atoms in total. The Morgan fingerprint density at radius 1 is 1.16 bits per heavy atom. The van der Waals surface area contributed by atoms with E-state index in [1.54, 1.807) is 10.9 Å². The van der Waals surface area contributed by atoms with Gasteiger partial charge >= 0.3 is 0 Å². The average Bonchev–Trinajstić information content (AvgIpc) is 3.03. The molecule has 0 atom stereocenters. The number of hydrogen-bond donors (Lipinski definition) is 1. The van der Waals surface area contributed by atoms with Gasteiger partial charge in [-0.3, -0.25) is 0 Å². The topological polar surface area (TPSA) is 88.1 Å². The third-order valence-corrected chi connectivity index (χ3v) is 2.96. The molecule has 7 heteroatoms. The highest BCUT2D eigenvalue weighted by Gasteiger charge is 2.16. The van der Waals surface area contributed by atoms with Crippen molar-refractivity contribution in [1.29, 1.82) is 0 Å². The lowest BCUT2D eigenvalue weighted by Gasteiger charge is -2.06. The van der Waals surface area contributed by atoms with Crippen molar-refractivity contribution in [3.8, 4) is 17.3 Å². The number of aromatic nitrogens is 4. The maximum Gasteiger partial charge on any atom is 0.239 e. The number of hydrogen-bond acceptors (Lipinski definition) is 6. The monoisotopic (exact) mass is 255 g/mol. The van der Waals surface area contributed by atoms with Gasteiger partial charge in [0.25, 0.3) is 0 Å². The van der Waals surface area contributed by atoms with Crippen molar-refractivity contribution in [3.05, 3.63) is 30.7 Å². The van der Waals surface area contributed by atoms with E-state index >= 15 is 0 Å². The van der Waals surface area contributed by atoms with Crippen LogP contribution < -0.4 is 15.2 Å². The summed E-state index contributed by atoms with van der Waals surface area (Å²) < 4.78 is 12.3. The number of ether oxygens (including phenoxy) is 2. The van der Waals surface area contributed by atoms with E-state index in [1.165, 1.54) is 6.33 Å². The molecule has 1 aliphatic heterocycles. The summed E-state index contributed by atoms with van der Waals surface area (Å²) in [5, 5.41) is 5.96. The van der Waals surface area contributed by atoms with Gasteiger partial charge in [0, 0.05) is 11.6 Å². The van der Waals surface area contributed by atoms with Gasteiger partial charge in [0.05, 0.1) is 0 Å². The van der Waals surface area contributed by atoms with Crippen molar-refractivity contribution in [2.45, 2.75) is 0 Å². The Bertz CT molecular complexity index is 783. The standard InChI is InChI=1S/C12H9N5O2/c13-12-15-5-17(16-12)11-8-4-10-9(18-6-19-10)3-7(8)1-2-14-11/h1-5H,6H2,(H2,13,16). The second-order valence-corrected chi connectivity index (χ2v) is 4.11. The zero-order chi connectivity index (χ0) is 12.8. The molecule has 2 N–H and O–H groups in total. The van der Waals surface area contributed by atoms with Crippen molar-refractivity contribution >= 4 is 16.7 Å². The summed E-state index contributed by atoms with van der Waals surface area (Å²) in [6.45, 7) is 0.241. The molecule has 0 bridgehead atoms. The molecular weight excluding hydrogens is 246 g/mol. The molecule has 0 saturated heterocycles. The van der Waals surface area contributed by atoms with E-state index in [4.69, 9.17) is 15.2 Å². The first-order valence-electron chi connectivity index (χ1n) is 5.67. The van der Waals surface area contributed by atoms with Gasteiger partial charge in [-0.15, -0.1) is 5.10 Å². The van der Waals surface area contributed by atoms with E-state index in [2.05, 4.69) is 15.1 Å². The third kappa shape index (κ3) is 1.48. The molecule has 2 aromatic heterocycles. The van der Waals surface area contributed by atoms with Gasteiger partial charge < -0.3 is 15.2 Å². The molecule has 3 aromatic rings. The molecule has 0 unspecified atom stereocenters. The van der Waals surface area contributed by atoms with Gasteiger partial charge in [0.1, 0.15) is 6.33 Å². The van der Waals surface area contributed by atoms with Gasteiger partial charge in [-0.1, -0.05) is 0 Å². The van der Waals surface area contributed by atoms with Crippen molar-refractivity contribution in [2.75, 3.05) is 12.5 Å². The molecule has 1 aromatic carbocycles. The van der Waals surface area contributed by atoms with Crippen LogP contribution in [0, 0.1) is 0 Å². The van der Waals surface area contributed by atoms with E-state index in [0.717, 1.165) is 16.5 Å². The molecule has 3 heterocycles. The molecule has 0 spiro atoms. The molecular formula is C12H9N5O2. The fourth-order valence-corrected chi connectivity index (χ4v) is 2.11. The van der Waals surface area contributed by atoms with Crippen LogP contribution in [-0.2, 0) is 0 Å². The lowest BCUT2D eigenvalue weighted by molar-refractivity contribution is 0.174. The largest absolute Gasteiger partial charge is 0.454 e. The minimum absolute atomic E-state index is 0.208. The van der Waals surface area contributed by atoms with Crippen LogP contribution in [-0.4, -0.2) is 26.5 Å². The fourth-order valence-electron chi connectivity index (χ4n) is 2.11. The van der Waals surface area contributed by atoms with Gasteiger partial charge in [-0.2, -0.15) is 4.68 Å². The minimum atomic E-state index is 0.208. The predicted molar refractivity (Wildman–Crippen MR) is 67.2 cm³/mol. The Balaban J connectivity index is 2.01. The van der Waals surface area contributed by atoms with Crippen LogP contribution in [0.3, 0.4) is 0 Å². The molecule has 94 valence electrons. The van der Waals surface area contributed by atoms with Gasteiger partial charge in [0.2, 0.25) is 12.7 Å². The maximum absolute atomic E-state index is 5.53. The Kier molecular flexibility index (Phi) is 1.91. The minimum Gasteiger partial charge on any atom is -0.454 e. The SMILES string of the molecule is Nc1ncn(-c2nccc3cc4c(cc23)OCO4)n1. The van der Waals surface area contributed by atoms with Crippen LogP contribution in [0.25, 0.3) is 16.6 Å². The van der Waals surface area contributed by atoms with Crippen LogP contribution in [0.15, 0.2) is 30.7 Å². The zero-order valence-electron chi connectivity index (χ0n) is 9.78. The van der Waals surface area contributed by atoms with Crippen molar-refractivity contribution in [1.82, 2.24) is 19.7 Å². The lowest BCUT2D eigenvalue weighted by Crippen LogP contribution is -2.00. The second-order valence-electron chi connectivity index (χ2n) is 4.11. The molecule has 4 rings (SSSR count). The number of fused-ring (bicyclic) bond motifs is 2. The maximum atomic E-state index is 5.53. The highest BCUT2D eigenvalue weighted by molar-refractivity contribution is 5.91. The number of benzene rings is 1. The molecule has 0 amide bonds. The van der Waals surface area contributed by atoms with Gasteiger partial charge in [-0.25, -0.2) is 9.97 Å². The summed E-state index contributed by atoms with van der Waals surface area (Å²) in [7, 11) is 0. The third-order valence-electron chi connectivity index (χ3n) is 2.96. The smallest absolute Gasteiger partial charge is 0.239 e. The normalized spacial score (nSPS) is 13.1. The summed E-state index contributed by atoms with van der Waals surface area (Å²) in [5.74, 6) is 2.30. The molecule has 0 aliphatic carbocycles. The number of rotatable bonds is 1. The van der Waals surface area contributed by atoms with Crippen molar-refractivity contribution in [3.63, 3.8) is 0 Å². The number of nitrogen functional groups attached to an aromatic ring is 1. The summed E-state index contributed by atoms with van der Waals surface area (Å²) >= 11 is 0. The summed E-state index contributed by atoms with van der Waals surface area (Å²) in [6, 6.07) is 5.71. The van der Waals surface area contributed by atoms with Gasteiger partial charge in [-0.05, 0) is 23.6 Å². The Morgan fingerprint density at radius 2 is 2.00 bits per heavy atom. The Morgan fingerprint density at radius 3 is 2.79 bits per heavy atom. The first kappa shape index (κ1) is 10.1.